The summed E-state index contributed by atoms with van der Waals surface area (Å²) in [5.41, 5.74) is -1.05. The summed E-state index contributed by atoms with van der Waals surface area (Å²) in [4.78, 5) is 24.5. The lowest BCUT2D eigenvalue weighted by Gasteiger charge is -2.20. The Hall–Kier alpha value is -3.28. The predicted octanol–water partition coefficient (Wildman–Crippen LogP) is 2.66. The first-order valence-electron chi connectivity index (χ1n) is 7.89. The molecule has 1 aromatic rings. The van der Waals surface area contributed by atoms with E-state index in [2.05, 4.69) is 0 Å². The first-order chi connectivity index (χ1) is 12.4. The van der Waals surface area contributed by atoms with Crippen LogP contribution < -0.4 is 9.47 Å². The van der Waals surface area contributed by atoms with Gasteiger partial charge in [-0.15, -0.1) is 0 Å². The Balaban J connectivity index is 3.58. The smallest absolute Gasteiger partial charge is 0.315 e. The lowest BCUT2D eigenvalue weighted by atomic mass is 10.1. The molecule has 0 heterocycles. The molecule has 1 rings (SSSR count). The molecular formula is C17H21N3O6. The Kier molecular flexibility index (Phi) is 7.40. The van der Waals surface area contributed by atoms with Crippen LogP contribution in [0.3, 0.4) is 0 Å². The van der Waals surface area contributed by atoms with E-state index in [4.69, 9.17) is 9.47 Å². The Morgan fingerprint density at radius 1 is 1.35 bits per heavy atom. The number of benzene rings is 1. The predicted molar refractivity (Wildman–Crippen MR) is 93.9 cm³/mol. The van der Waals surface area contributed by atoms with Crippen LogP contribution in [0, 0.1) is 21.4 Å². The lowest BCUT2D eigenvalue weighted by Crippen LogP contribution is -2.32. The zero-order valence-electron chi connectivity index (χ0n) is 15.1. The van der Waals surface area contributed by atoms with Gasteiger partial charge < -0.3 is 19.5 Å². The van der Waals surface area contributed by atoms with Gasteiger partial charge in [0.15, 0.2) is 11.3 Å². The van der Waals surface area contributed by atoms with Gasteiger partial charge >= 0.3 is 5.69 Å². The number of nitriles is 1. The second-order valence-electron chi connectivity index (χ2n) is 5.21. The van der Waals surface area contributed by atoms with Crippen LogP contribution in [0.1, 0.15) is 25.8 Å². The van der Waals surface area contributed by atoms with E-state index in [0.717, 1.165) is 6.07 Å². The van der Waals surface area contributed by atoms with Gasteiger partial charge in [0.1, 0.15) is 11.8 Å². The fourth-order valence-corrected chi connectivity index (χ4v) is 2.39. The number of carbonyl (C=O) groups excluding carboxylic acids is 1. The van der Waals surface area contributed by atoms with Gasteiger partial charge in [-0.25, -0.2) is 0 Å². The number of hydrogen-bond acceptors (Lipinski definition) is 7. The minimum Gasteiger partial charge on any atom is -0.506 e. The SMILES string of the molecule is CCCN(CC)C(=O)/C(C#N)=C(\O)c1cc(OC)c(OC)c([N+](=O)[O-])c1. The standard InChI is InChI=1S/C17H21N3O6/c1-5-7-19(6-2)17(22)12(10-18)15(21)11-8-13(20(23)24)16(26-4)14(9-11)25-3/h8-9,21H,5-7H2,1-4H3/b15-12-. The molecule has 9 heteroatoms. The molecule has 1 aromatic carbocycles. The third kappa shape index (κ3) is 4.22. The molecule has 1 amide bonds. The van der Waals surface area contributed by atoms with Crippen LogP contribution in [0.4, 0.5) is 5.69 Å². The average molecular weight is 363 g/mol. The molecule has 0 bridgehead atoms. The van der Waals surface area contributed by atoms with Gasteiger partial charge in [0.25, 0.3) is 5.91 Å². The second-order valence-corrected chi connectivity index (χ2v) is 5.21. The fourth-order valence-electron chi connectivity index (χ4n) is 2.39. The number of hydrogen-bond donors (Lipinski definition) is 1. The highest BCUT2D eigenvalue weighted by Gasteiger charge is 2.26. The summed E-state index contributed by atoms with van der Waals surface area (Å²) < 4.78 is 10.0. The van der Waals surface area contributed by atoms with E-state index in [0.29, 0.717) is 19.5 Å². The summed E-state index contributed by atoms with van der Waals surface area (Å²) in [6.45, 7) is 4.40. The van der Waals surface area contributed by atoms with Crippen LogP contribution in [0.5, 0.6) is 11.5 Å². The second kappa shape index (κ2) is 9.27. The van der Waals surface area contributed by atoms with E-state index in [-0.39, 0.29) is 17.1 Å². The van der Waals surface area contributed by atoms with Crippen molar-refractivity contribution in [2.24, 2.45) is 0 Å². The van der Waals surface area contributed by atoms with Crippen molar-refractivity contribution in [3.63, 3.8) is 0 Å². The molecule has 0 atom stereocenters. The van der Waals surface area contributed by atoms with Gasteiger partial charge in [-0.3, -0.25) is 14.9 Å². The number of ether oxygens (including phenoxy) is 2. The molecule has 140 valence electrons. The molecule has 0 aliphatic rings. The average Bonchev–Trinajstić information content (AvgIpc) is 2.64. The van der Waals surface area contributed by atoms with E-state index in [1.165, 1.54) is 25.2 Å². The van der Waals surface area contributed by atoms with Gasteiger partial charge in [-0.2, -0.15) is 5.26 Å². The third-order valence-corrected chi connectivity index (χ3v) is 3.65. The molecule has 0 aliphatic carbocycles. The number of methoxy groups -OCH3 is 2. The monoisotopic (exact) mass is 363 g/mol. The quantitative estimate of drug-likeness (QED) is 0.247. The fraction of sp³-hybridized carbons (Fsp3) is 0.412. The van der Waals surface area contributed by atoms with Crippen LogP contribution >= 0.6 is 0 Å². The van der Waals surface area contributed by atoms with Gasteiger partial charge in [-0.05, 0) is 19.4 Å². The maximum atomic E-state index is 12.5. The van der Waals surface area contributed by atoms with Crippen molar-refractivity contribution in [1.29, 1.82) is 5.26 Å². The molecule has 26 heavy (non-hydrogen) atoms. The molecule has 9 nitrogen and oxygen atoms in total. The molecule has 0 unspecified atom stereocenters. The normalized spacial score (nSPS) is 11.2. The number of nitro benzene ring substituents is 1. The van der Waals surface area contributed by atoms with Gasteiger partial charge in [0.05, 0.1) is 19.1 Å². The minimum atomic E-state index is -0.707. The van der Waals surface area contributed by atoms with E-state index in [1.807, 2.05) is 6.92 Å². The molecular weight excluding hydrogens is 342 g/mol. The van der Waals surface area contributed by atoms with Crippen LogP contribution in [0.2, 0.25) is 0 Å². The van der Waals surface area contributed by atoms with Crippen molar-refractivity contribution >= 4 is 17.4 Å². The molecule has 0 fully saturated rings. The van der Waals surface area contributed by atoms with Gasteiger partial charge in [0, 0.05) is 24.7 Å². The first-order valence-corrected chi connectivity index (χ1v) is 7.89. The number of rotatable bonds is 8. The van der Waals surface area contributed by atoms with E-state index in [1.54, 1.807) is 13.0 Å². The highest BCUT2D eigenvalue weighted by atomic mass is 16.6. The molecule has 0 aliphatic heterocycles. The van der Waals surface area contributed by atoms with Crippen molar-refractivity contribution in [3.8, 4) is 17.6 Å². The van der Waals surface area contributed by atoms with Crippen LogP contribution in [-0.4, -0.2) is 48.1 Å². The zero-order valence-corrected chi connectivity index (χ0v) is 15.1. The van der Waals surface area contributed by atoms with Crippen molar-refractivity contribution in [1.82, 2.24) is 4.90 Å². The first kappa shape index (κ1) is 20.8. The molecule has 0 aromatic heterocycles. The number of nitro groups is 1. The summed E-state index contributed by atoms with van der Waals surface area (Å²) in [5.74, 6) is -1.43. The highest BCUT2D eigenvalue weighted by molar-refractivity contribution is 6.03. The number of aliphatic hydroxyl groups excluding tert-OH is 1. The number of aliphatic hydroxyl groups is 1. The Morgan fingerprint density at radius 2 is 2.00 bits per heavy atom. The van der Waals surface area contributed by atoms with E-state index in [9.17, 15) is 25.3 Å². The summed E-state index contributed by atoms with van der Waals surface area (Å²) in [6, 6.07) is 3.98. The van der Waals surface area contributed by atoms with Gasteiger partial charge in [0.2, 0.25) is 5.75 Å². The van der Waals surface area contributed by atoms with Gasteiger partial charge in [-0.1, -0.05) is 6.92 Å². The maximum absolute atomic E-state index is 12.5. The summed E-state index contributed by atoms with van der Waals surface area (Å²) in [5, 5.41) is 31.1. The number of carbonyl (C=O) groups is 1. The molecule has 0 radical (unpaired) electrons. The largest absolute Gasteiger partial charge is 0.506 e. The Labute approximate surface area is 151 Å². The Bertz CT molecular complexity index is 766. The minimum absolute atomic E-state index is 0.00565. The number of likely N-dealkylation sites (N-methyl/N-ethyl adjacent to an activating group) is 1. The summed E-state index contributed by atoms with van der Waals surface area (Å²) >= 11 is 0. The highest BCUT2D eigenvalue weighted by Crippen LogP contribution is 2.39. The number of amides is 1. The summed E-state index contributed by atoms with van der Waals surface area (Å²) in [7, 11) is 2.52. The summed E-state index contributed by atoms with van der Waals surface area (Å²) in [6.07, 6.45) is 0.681. The molecule has 0 saturated carbocycles. The van der Waals surface area contributed by atoms with E-state index >= 15 is 0 Å². The van der Waals surface area contributed by atoms with Crippen molar-refractivity contribution in [2.75, 3.05) is 27.3 Å². The lowest BCUT2D eigenvalue weighted by molar-refractivity contribution is -0.385. The van der Waals surface area contributed by atoms with Crippen molar-refractivity contribution in [2.45, 2.75) is 20.3 Å². The topological polar surface area (TPSA) is 126 Å². The van der Waals surface area contributed by atoms with Crippen LogP contribution in [0.25, 0.3) is 5.76 Å². The van der Waals surface area contributed by atoms with Crippen LogP contribution in [0.15, 0.2) is 17.7 Å². The Morgan fingerprint density at radius 3 is 2.42 bits per heavy atom. The zero-order chi connectivity index (χ0) is 19.9. The molecule has 0 spiro atoms. The maximum Gasteiger partial charge on any atom is 0.315 e. The van der Waals surface area contributed by atoms with E-state index < -0.39 is 27.9 Å². The number of nitrogens with zero attached hydrogens (tertiary/aromatic N) is 3. The molecule has 0 saturated heterocycles. The molecule has 1 N–H and O–H groups in total. The van der Waals surface area contributed by atoms with Crippen molar-refractivity contribution in [3.05, 3.63) is 33.4 Å². The third-order valence-electron chi connectivity index (χ3n) is 3.65. The van der Waals surface area contributed by atoms with Crippen LogP contribution in [-0.2, 0) is 4.79 Å². The van der Waals surface area contributed by atoms with Crippen molar-refractivity contribution < 1.29 is 24.3 Å².